The molecule has 0 aliphatic heterocycles. The highest BCUT2D eigenvalue weighted by Crippen LogP contribution is 2.30. The van der Waals surface area contributed by atoms with Gasteiger partial charge in [-0.1, -0.05) is 0 Å². The number of hydrogen-bond donors (Lipinski definition) is 2. The molecule has 0 fully saturated rings. The predicted molar refractivity (Wildman–Crippen MR) is 51.4 cm³/mol. The molecule has 70 valence electrons. The minimum absolute atomic E-state index is 0.392. The van der Waals surface area contributed by atoms with Crippen molar-refractivity contribution in [1.29, 1.82) is 0 Å². The number of hydrogen-bond acceptors (Lipinski definition) is 4. The molecular formula is C9H14N4. The molecule has 1 heterocycles. The second-order valence-corrected chi connectivity index (χ2v) is 3.42. The normalized spacial score (nSPS) is 20.2. The molecule has 3 N–H and O–H groups in total. The van der Waals surface area contributed by atoms with Gasteiger partial charge in [0.2, 0.25) is 5.95 Å². The van der Waals surface area contributed by atoms with Crippen LogP contribution in [0.3, 0.4) is 0 Å². The zero-order chi connectivity index (χ0) is 9.26. The van der Waals surface area contributed by atoms with E-state index in [1.807, 2.05) is 13.2 Å². The summed E-state index contributed by atoms with van der Waals surface area (Å²) in [5.74, 6) is 0.962. The smallest absolute Gasteiger partial charge is 0.220 e. The SMILES string of the molecule is CNCC1CCc2nc(N)ncc21. The number of aryl methyl sites for hydroxylation is 1. The Morgan fingerprint density at radius 1 is 1.69 bits per heavy atom. The average molecular weight is 178 g/mol. The number of nitrogens with two attached hydrogens (primary N) is 1. The number of aromatic nitrogens is 2. The molecule has 13 heavy (non-hydrogen) atoms. The zero-order valence-corrected chi connectivity index (χ0v) is 7.75. The van der Waals surface area contributed by atoms with Crippen molar-refractivity contribution in [3.8, 4) is 0 Å². The van der Waals surface area contributed by atoms with E-state index in [9.17, 15) is 0 Å². The van der Waals surface area contributed by atoms with Crippen LogP contribution in [-0.4, -0.2) is 23.6 Å². The van der Waals surface area contributed by atoms with E-state index in [0.717, 1.165) is 25.1 Å². The maximum absolute atomic E-state index is 5.51. The van der Waals surface area contributed by atoms with Crippen LogP contribution in [-0.2, 0) is 6.42 Å². The monoisotopic (exact) mass is 178 g/mol. The molecule has 1 unspecified atom stereocenters. The predicted octanol–water partition coefficient (Wildman–Crippen LogP) is 0.308. The van der Waals surface area contributed by atoms with Crippen molar-refractivity contribution in [2.24, 2.45) is 0 Å². The zero-order valence-electron chi connectivity index (χ0n) is 7.75. The first-order valence-electron chi connectivity index (χ1n) is 4.57. The van der Waals surface area contributed by atoms with Crippen molar-refractivity contribution in [3.63, 3.8) is 0 Å². The van der Waals surface area contributed by atoms with Crippen LogP contribution >= 0.6 is 0 Å². The van der Waals surface area contributed by atoms with Gasteiger partial charge in [0, 0.05) is 24.4 Å². The summed E-state index contributed by atoms with van der Waals surface area (Å²) in [6, 6.07) is 0. The minimum atomic E-state index is 0.392. The van der Waals surface area contributed by atoms with Gasteiger partial charge < -0.3 is 11.1 Å². The highest BCUT2D eigenvalue weighted by Gasteiger charge is 2.23. The van der Waals surface area contributed by atoms with Gasteiger partial charge in [0.05, 0.1) is 0 Å². The largest absolute Gasteiger partial charge is 0.368 e. The first kappa shape index (κ1) is 8.44. The fourth-order valence-electron chi connectivity index (χ4n) is 1.91. The van der Waals surface area contributed by atoms with Crippen molar-refractivity contribution in [2.75, 3.05) is 19.3 Å². The summed E-state index contributed by atoms with van der Waals surface area (Å²) in [5.41, 5.74) is 7.91. The van der Waals surface area contributed by atoms with Crippen LogP contribution in [0.15, 0.2) is 6.20 Å². The Balaban J connectivity index is 2.27. The highest BCUT2D eigenvalue weighted by molar-refractivity contribution is 5.32. The van der Waals surface area contributed by atoms with Gasteiger partial charge >= 0.3 is 0 Å². The summed E-state index contributed by atoms with van der Waals surface area (Å²) in [7, 11) is 1.97. The van der Waals surface area contributed by atoms with E-state index in [2.05, 4.69) is 15.3 Å². The van der Waals surface area contributed by atoms with Gasteiger partial charge in [0.1, 0.15) is 0 Å². The molecule has 0 radical (unpaired) electrons. The van der Waals surface area contributed by atoms with Gasteiger partial charge in [-0.2, -0.15) is 0 Å². The molecule has 0 aromatic carbocycles. The number of nitrogens with zero attached hydrogens (tertiary/aromatic N) is 2. The Labute approximate surface area is 77.6 Å². The Morgan fingerprint density at radius 3 is 3.31 bits per heavy atom. The molecule has 4 heteroatoms. The van der Waals surface area contributed by atoms with Crippen LogP contribution in [0.4, 0.5) is 5.95 Å². The van der Waals surface area contributed by atoms with Crippen molar-refractivity contribution in [2.45, 2.75) is 18.8 Å². The minimum Gasteiger partial charge on any atom is -0.368 e. The van der Waals surface area contributed by atoms with Crippen molar-refractivity contribution >= 4 is 5.95 Å². The first-order valence-corrected chi connectivity index (χ1v) is 4.57. The number of likely N-dealkylation sites (N-methyl/N-ethyl adjacent to an activating group) is 1. The summed E-state index contributed by atoms with van der Waals surface area (Å²) >= 11 is 0. The second-order valence-electron chi connectivity index (χ2n) is 3.42. The standard InChI is InChI=1S/C9H14N4/c1-11-4-6-2-3-8-7(6)5-12-9(10)13-8/h5-6,11H,2-4H2,1H3,(H2,10,12,13). The molecule has 0 spiro atoms. The van der Waals surface area contributed by atoms with E-state index in [1.165, 1.54) is 5.56 Å². The summed E-state index contributed by atoms with van der Waals surface area (Å²) in [5, 5.41) is 3.18. The lowest BCUT2D eigenvalue weighted by Crippen LogP contribution is -2.15. The number of nitrogens with one attached hydrogen (secondary N) is 1. The molecular weight excluding hydrogens is 164 g/mol. The summed E-state index contributed by atoms with van der Waals surface area (Å²) < 4.78 is 0. The van der Waals surface area contributed by atoms with Gasteiger partial charge in [0.25, 0.3) is 0 Å². The van der Waals surface area contributed by atoms with Gasteiger partial charge in [-0.25, -0.2) is 9.97 Å². The third-order valence-electron chi connectivity index (χ3n) is 2.54. The van der Waals surface area contributed by atoms with Crippen LogP contribution < -0.4 is 11.1 Å². The maximum atomic E-state index is 5.51. The molecule has 1 aliphatic rings. The van der Waals surface area contributed by atoms with E-state index < -0.39 is 0 Å². The quantitative estimate of drug-likeness (QED) is 0.684. The summed E-state index contributed by atoms with van der Waals surface area (Å²) in [6.07, 6.45) is 4.06. The van der Waals surface area contributed by atoms with Gasteiger partial charge in [-0.15, -0.1) is 0 Å². The van der Waals surface area contributed by atoms with Crippen molar-refractivity contribution in [3.05, 3.63) is 17.5 Å². The molecule has 4 nitrogen and oxygen atoms in total. The topological polar surface area (TPSA) is 63.8 Å². The van der Waals surface area contributed by atoms with E-state index >= 15 is 0 Å². The van der Waals surface area contributed by atoms with Gasteiger partial charge in [0.15, 0.2) is 0 Å². The molecule has 1 aromatic heterocycles. The Hall–Kier alpha value is -1.16. The van der Waals surface area contributed by atoms with Crippen LogP contribution in [0, 0.1) is 0 Å². The number of rotatable bonds is 2. The molecule has 1 aliphatic carbocycles. The van der Waals surface area contributed by atoms with Gasteiger partial charge in [-0.05, 0) is 25.5 Å². The molecule has 1 atom stereocenters. The second kappa shape index (κ2) is 3.30. The van der Waals surface area contributed by atoms with E-state index in [4.69, 9.17) is 5.73 Å². The highest BCUT2D eigenvalue weighted by atomic mass is 15.0. The van der Waals surface area contributed by atoms with Crippen LogP contribution in [0.5, 0.6) is 0 Å². The van der Waals surface area contributed by atoms with Crippen LogP contribution in [0.1, 0.15) is 23.6 Å². The Kier molecular flexibility index (Phi) is 2.14. The van der Waals surface area contributed by atoms with Crippen molar-refractivity contribution in [1.82, 2.24) is 15.3 Å². The lowest BCUT2D eigenvalue weighted by atomic mass is 10.1. The molecule has 0 amide bonds. The number of anilines is 1. The fraction of sp³-hybridized carbons (Fsp3) is 0.556. The molecule has 1 aromatic rings. The summed E-state index contributed by atoms with van der Waals surface area (Å²) in [6.45, 7) is 1.00. The van der Waals surface area contributed by atoms with Gasteiger partial charge in [-0.3, -0.25) is 0 Å². The fourth-order valence-corrected chi connectivity index (χ4v) is 1.91. The summed E-state index contributed by atoms with van der Waals surface area (Å²) in [4.78, 5) is 8.25. The van der Waals surface area contributed by atoms with Crippen LogP contribution in [0.25, 0.3) is 0 Å². The van der Waals surface area contributed by atoms with Crippen LogP contribution in [0.2, 0.25) is 0 Å². The maximum Gasteiger partial charge on any atom is 0.220 e. The third-order valence-corrected chi connectivity index (χ3v) is 2.54. The number of fused-ring (bicyclic) bond motifs is 1. The molecule has 0 saturated carbocycles. The lowest BCUT2D eigenvalue weighted by Gasteiger charge is -2.08. The lowest BCUT2D eigenvalue weighted by molar-refractivity contribution is 0.622. The number of nitrogen functional groups attached to an aromatic ring is 1. The molecule has 0 saturated heterocycles. The average Bonchev–Trinajstić information content (AvgIpc) is 2.49. The van der Waals surface area contributed by atoms with E-state index in [-0.39, 0.29) is 0 Å². The first-order chi connectivity index (χ1) is 6.31. The Bertz CT molecular complexity index is 310. The van der Waals surface area contributed by atoms with Crippen molar-refractivity contribution < 1.29 is 0 Å². The third kappa shape index (κ3) is 1.49. The molecule has 0 bridgehead atoms. The van der Waals surface area contributed by atoms with E-state index in [1.54, 1.807) is 0 Å². The Morgan fingerprint density at radius 2 is 2.54 bits per heavy atom. The van der Waals surface area contributed by atoms with E-state index in [0.29, 0.717) is 11.9 Å². The molecule has 2 rings (SSSR count).